The third-order valence-corrected chi connectivity index (χ3v) is 4.27. The second-order valence-corrected chi connectivity index (χ2v) is 5.82. The average Bonchev–Trinajstić information content (AvgIpc) is 3.10. The molecule has 126 valence electrons. The summed E-state index contributed by atoms with van der Waals surface area (Å²) in [7, 11) is 0. The van der Waals surface area contributed by atoms with Crippen LogP contribution in [0.2, 0.25) is 0 Å². The summed E-state index contributed by atoms with van der Waals surface area (Å²) in [5.74, 6) is 0.823. The van der Waals surface area contributed by atoms with Crippen LogP contribution in [0.25, 0.3) is 0 Å². The van der Waals surface area contributed by atoms with Crippen LogP contribution < -0.4 is 10.6 Å². The second kappa shape index (κ2) is 8.53. The van der Waals surface area contributed by atoms with Crippen LogP contribution in [-0.4, -0.2) is 42.4 Å². The summed E-state index contributed by atoms with van der Waals surface area (Å²) in [4.78, 5) is 26.3. The monoisotopic (exact) mass is 319 g/mol. The van der Waals surface area contributed by atoms with Gasteiger partial charge in [-0.3, -0.25) is 14.5 Å². The number of nitrogens with one attached hydrogen (secondary N) is 2. The molecule has 0 spiro atoms. The number of nitrogens with zero attached hydrogens (tertiary/aromatic N) is 1. The second-order valence-electron chi connectivity index (χ2n) is 5.82. The van der Waals surface area contributed by atoms with Crippen LogP contribution in [0.3, 0.4) is 0 Å². The van der Waals surface area contributed by atoms with Crippen LogP contribution in [0.1, 0.15) is 25.5 Å². The fourth-order valence-corrected chi connectivity index (χ4v) is 2.77. The summed E-state index contributed by atoms with van der Waals surface area (Å²) in [6.45, 7) is 7.90. The average molecular weight is 319 g/mol. The molecule has 1 aliphatic heterocycles. The number of furan rings is 1. The lowest BCUT2D eigenvalue weighted by Crippen LogP contribution is -2.49. The highest BCUT2D eigenvalue weighted by Crippen LogP contribution is 2.19. The molecule has 1 fully saturated rings. The van der Waals surface area contributed by atoms with Crippen molar-refractivity contribution in [2.75, 3.05) is 19.6 Å². The van der Waals surface area contributed by atoms with Gasteiger partial charge in [-0.15, -0.1) is 6.58 Å². The van der Waals surface area contributed by atoms with Gasteiger partial charge in [0.25, 0.3) is 0 Å². The Morgan fingerprint density at radius 1 is 1.43 bits per heavy atom. The summed E-state index contributed by atoms with van der Waals surface area (Å²) in [6, 6.07) is 3.47. The Bertz CT molecular complexity index is 519. The summed E-state index contributed by atoms with van der Waals surface area (Å²) in [6.07, 6.45) is 4.80. The zero-order chi connectivity index (χ0) is 16.7. The van der Waals surface area contributed by atoms with Crippen LogP contribution in [0.5, 0.6) is 0 Å². The minimum Gasteiger partial charge on any atom is -0.467 e. The van der Waals surface area contributed by atoms with Crippen LogP contribution in [-0.2, 0) is 16.1 Å². The summed E-state index contributed by atoms with van der Waals surface area (Å²) >= 11 is 0. The van der Waals surface area contributed by atoms with Crippen molar-refractivity contribution in [3.63, 3.8) is 0 Å². The Labute approximate surface area is 136 Å². The number of carbonyl (C=O) groups excluding carboxylic acids is 2. The molecule has 1 saturated heterocycles. The first kappa shape index (κ1) is 17.3. The van der Waals surface area contributed by atoms with Crippen molar-refractivity contribution in [2.45, 2.75) is 32.4 Å². The summed E-state index contributed by atoms with van der Waals surface area (Å²) in [5.41, 5.74) is 0. The minimum absolute atomic E-state index is 0.00430. The van der Waals surface area contributed by atoms with Gasteiger partial charge in [0.05, 0.1) is 18.8 Å². The van der Waals surface area contributed by atoms with Gasteiger partial charge in [0.1, 0.15) is 5.76 Å². The Balaban J connectivity index is 1.73. The van der Waals surface area contributed by atoms with E-state index < -0.39 is 0 Å². The number of rotatable bonds is 7. The van der Waals surface area contributed by atoms with Gasteiger partial charge < -0.3 is 15.1 Å². The quantitative estimate of drug-likeness (QED) is 0.743. The van der Waals surface area contributed by atoms with E-state index in [2.05, 4.69) is 22.1 Å². The molecule has 2 rings (SSSR count). The van der Waals surface area contributed by atoms with Gasteiger partial charge in [-0.25, -0.2) is 0 Å². The third-order valence-electron chi connectivity index (χ3n) is 4.27. The maximum Gasteiger partial charge on any atom is 0.237 e. The molecule has 0 bridgehead atoms. The van der Waals surface area contributed by atoms with Gasteiger partial charge in [0, 0.05) is 12.5 Å². The highest BCUT2D eigenvalue weighted by atomic mass is 16.3. The molecule has 1 aliphatic rings. The van der Waals surface area contributed by atoms with Gasteiger partial charge in [0.2, 0.25) is 11.8 Å². The maximum absolute atomic E-state index is 12.2. The third kappa shape index (κ3) is 4.96. The van der Waals surface area contributed by atoms with Crippen LogP contribution in [0, 0.1) is 5.92 Å². The molecule has 2 amide bonds. The van der Waals surface area contributed by atoms with E-state index in [0.717, 1.165) is 31.7 Å². The van der Waals surface area contributed by atoms with Gasteiger partial charge in [0.15, 0.2) is 0 Å². The predicted octanol–water partition coefficient (Wildman–Crippen LogP) is 1.30. The molecule has 1 atom stereocenters. The van der Waals surface area contributed by atoms with E-state index in [1.54, 1.807) is 18.4 Å². The van der Waals surface area contributed by atoms with E-state index in [-0.39, 0.29) is 23.8 Å². The van der Waals surface area contributed by atoms with E-state index >= 15 is 0 Å². The van der Waals surface area contributed by atoms with E-state index in [1.165, 1.54) is 0 Å². The summed E-state index contributed by atoms with van der Waals surface area (Å²) < 4.78 is 5.20. The van der Waals surface area contributed by atoms with Gasteiger partial charge in [-0.2, -0.15) is 0 Å². The molecule has 1 aromatic heterocycles. The predicted molar refractivity (Wildman–Crippen MR) is 87.5 cm³/mol. The lowest BCUT2D eigenvalue weighted by atomic mass is 9.95. The number of carbonyl (C=O) groups is 2. The van der Waals surface area contributed by atoms with Crippen LogP contribution >= 0.6 is 0 Å². The summed E-state index contributed by atoms with van der Waals surface area (Å²) in [5, 5.41) is 5.72. The lowest BCUT2D eigenvalue weighted by Gasteiger charge is -2.34. The van der Waals surface area contributed by atoms with Crippen molar-refractivity contribution >= 4 is 11.8 Å². The number of hydrogen-bond acceptors (Lipinski definition) is 4. The van der Waals surface area contributed by atoms with E-state index in [4.69, 9.17) is 4.42 Å². The van der Waals surface area contributed by atoms with E-state index in [0.29, 0.717) is 13.1 Å². The van der Waals surface area contributed by atoms with E-state index in [9.17, 15) is 9.59 Å². The fraction of sp³-hybridized carbons (Fsp3) is 0.529. The fourth-order valence-electron chi connectivity index (χ4n) is 2.77. The number of amides is 2. The molecule has 6 heteroatoms. The first-order chi connectivity index (χ1) is 11.1. The number of likely N-dealkylation sites (tertiary alicyclic amines) is 1. The highest BCUT2D eigenvalue weighted by Gasteiger charge is 2.29. The molecule has 1 aromatic rings. The first-order valence-corrected chi connectivity index (χ1v) is 8.04. The van der Waals surface area contributed by atoms with Gasteiger partial charge in [-0.1, -0.05) is 6.08 Å². The van der Waals surface area contributed by atoms with Crippen LogP contribution in [0.15, 0.2) is 35.5 Å². The van der Waals surface area contributed by atoms with Crippen molar-refractivity contribution in [1.82, 2.24) is 15.5 Å². The molecule has 6 nitrogen and oxygen atoms in total. The Morgan fingerprint density at radius 3 is 2.78 bits per heavy atom. The Hall–Kier alpha value is -2.08. The largest absolute Gasteiger partial charge is 0.467 e. The van der Waals surface area contributed by atoms with Crippen molar-refractivity contribution in [3.8, 4) is 0 Å². The normalized spacial score (nSPS) is 17.4. The minimum atomic E-state index is -0.179. The molecule has 0 aliphatic carbocycles. The molecule has 0 saturated carbocycles. The molecular formula is C17H25N3O3. The zero-order valence-electron chi connectivity index (χ0n) is 13.6. The maximum atomic E-state index is 12.2. The molecule has 0 aromatic carbocycles. The molecular weight excluding hydrogens is 294 g/mol. The zero-order valence-corrected chi connectivity index (χ0v) is 13.6. The van der Waals surface area contributed by atoms with Crippen molar-refractivity contribution in [3.05, 3.63) is 36.8 Å². The van der Waals surface area contributed by atoms with Crippen molar-refractivity contribution in [1.29, 1.82) is 0 Å². The molecule has 0 unspecified atom stereocenters. The topological polar surface area (TPSA) is 74.6 Å². The highest BCUT2D eigenvalue weighted by molar-refractivity contribution is 5.81. The molecule has 0 radical (unpaired) electrons. The molecule has 23 heavy (non-hydrogen) atoms. The van der Waals surface area contributed by atoms with Gasteiger partial charge in [-0.05, 0) is 45.0 Å². The smallest absolute Gasteiger partial charge is 0.237 e. The van der Waals surface area contributed by atoms with Crippen LogP contribution in [0.4, 0.5) is 0 Å². The first-order valence-electron chi connectivity index (χ1n) is 8.04. The van der Waals surface area contributed by atoms with E-state index in [1.807, 2.05) is 13.0 Å². The SMILES string of the molecule is C=CCNC(=O)[C@H](C)N1CCC(C(=O)NCc2ccco2)CC1. The molecule has 2 N–H and O–H groups in total. The standard InChI is InChI=1S/C17H25N3O3/c1-3-8-18-16(21)13(2)20-9-6-14(7-10-20)17(22)19-12-15-5-4-11-23-15/h3-5,11,13-14H,1,6-10,12H2,2H3,(H,18,21)(H,19,22)/t13-/m0/s1. The number of hydrogen-bond donors (Lipinski definition) is 2. The van der Waals surface area contributed by atoms with Gasteiger partial charge >= 0.3 is 0 Å². The van der Waals surface area contributed by atoms with Crippen molar-refractivity contribution < 1.29 is 14.0 Å². The Morgan fingerprint density at radius 2 is 2.17 bits per heavy atom. The van der Waals surface area contributed by atoms with Crippen molar-refractivity contribution in [2.24, 2.45) is 5.92 Å². The number of piperidine rings is 1. The lowest BCUT2D eigenvalue weighted by molar-refractivity contribution is -0.128. The Kier molecular flexibility index (Phi) is 6.40. The molecule has 2 heterocycles.